The van der Waals surface area contributed by atoms with E-state index in [1.54, 1.807) is 0 Å². The summed E-state index contributed by atoms with van der Waals surface area (Å²) in [6, 6.07) is -4.07. The van der Waals surface area contributed by atoms with Crippen LogP contribution in [0, 0.1) is 5.92 Å². The number of nitrogens with zero attached hydrogens (tertiary/aromatic N) is 2. The summed E-state index contributed by atoms with van der Waals surface area (Å²) in [6.45, 7) is 4.25. The van der Waals surface area contributed by atoms with Crippen LogP contribution in [0.1, 0.15) is 52.4 Å². The van der Waals surface area contributed by atoms with Gasteiger partial charge in [-0.05, 0) is 56.5 Å². The second kappa shape index (κ2) is 19.7. The van der Waals surface area contributed by atoms with Crippen LogP contribution in [-0.4, -0.2) is 90.0 Å². The predicted octanol–water partition coefficient (Wildman–Crippen LogP) is -2.24. The zero-order valence-electron chi connectivity index (χ0n) is 23.0. The summed E-state index contributed by atoms with van der Waals surface area (Å²) in [7, 11) is 0. The number of carboxylic acid groups (broad SMARTS) is 1. The van der Waals surface area contributed by atoms with Crippen LogP contribution in [0.4, 0.5) is 0 Å². The van der Waals surface area contributed by atoms with Gasteiger partial charge in [-0.15, -0.1) is 0 Å². The van der Waals surface area contributed by atoms with Gasteiger partial charge in [-0.2, -0.15) is 11.8 Å². The van der Waals surface area contributed by atoms with E-state index in [0.717, 1.165) is 0 Å². The minimum Gasteiger partial charge on any atom is -0.480 e. The zero-order valence-corrected chi connectivity index (χ0v) is 23.8. The number of nitrogens with two attached hydrogens (primary N) is 5. The highest BCUT2D eigenvalue weighted by atomic mass is 32.2. The fraction of sp³-hybridized carbons (Fsp3) is 0.739. The Bertz CT molecular complexity index is 847. The van der Waals surface area contributed by atoms with Gasteiger partial charge in [-0.25, -0.2) is 4.79 Å². The largest absolute Gasteiger partial charge is 0.480 e. The number of carbonyl (C=O) groups excluding carboxylic acids is 3. The van der Waals surface area contributed by atoms with Gasteiger partial charge in [0.2, 0.25) is 17.7 Å². The molecule has 0 bridgehead atoms. The lowest BCUT2D eigenvalue weighted by Gasteiger charge is -2.25. The summed E-state index contributed by atoms with van der Waals surface area (Å²) in [5.74, 6) is -2.50. The molecule has 4 unspecified atom stereocenters. The molecule has 224 valence electrons. The van der Waals surface area contributed by atoms with Gasteiger partial charge in [0.25, 0.3) is 0 Å². The summed E-state index contributed by atoms with van der Waals surface area (Å²) >= 11 is 1.49. The van der Waals surface area contributed by atoms with Crippen LogP contribution >= 0.6 is 11.8 Å². The minimum absolute atomic E-state index is 0.0622. The number of amides is 3. The molecule has 14 N–H and O–H groups in total. The van der Waals surface area contributed by atoms with Gasteiger partial charge in [0, 0.05) is 13.1 Å². The average Bonchev–Trinajstić information content (AvgIpc) is 2.83. The van der Waals surface area contributed by atoms with Gasteiger partial charge in [0.05, 0.1) is 6.04 Å². The molecule has 0 saturated heterocycles. The highest BCUT2D eigenvalue weighted by molar-refractivity contribution is 7.98. The standard InChI is InChI=1S/C23H46N10O5S/c1-13(2)12-14(24)18(34)31-16(8-11-39-3)20(36)32-15(6-4-9-29-22(25)26)19(35)33-17(21(37)38)7-5-10-30-23(27)28/h13-17H,4-12,24H2,1-3H3,(H,31,34)(H,32,36)(H,33,35)(H,37,38)(H4,25,26,29)(H4,27,28,30). The third-order valence-electron chi connectivity index (χ3n) is 5.44. The van der Waals surface area contributed by atoms with E-state index in [-0.39, 0.29) is 43.8 Å². The van der Waals surface area contributed by atoms with Gasteiger partial charge < -0.3 is 49.7 Å². The Labute approximate surface area is 233 Å². The molecule has 16 heteroatoms. The van der Waals surface area contributed by atoms with Crippen molar-refractivity contribution in [3.8, 4) is 0 Å². The van der Waals surface area contributed by atoms with Gasteiger partial charge in [0.15, 0.2) is 11.9 Å². The smallest absolute Gasteiger partial charge is 0.326 e. The Kier molecular flexibility index (Phi) is 18.1. The van der Waals surface area contributed by atoms with Gasteiger partial charge >= 0.3 is 5.97 Å². The van der Waals surface area contributed by atoms with E-state index in [0.29, 0.717) is 31.4 Å². The van der Waals surface area contributed by atoms with Crippen molar-refractivity contribution >= 4 is 47.4 Å². The Balaban J connectivity index is 5.61. The molecule has 4 atom stereocenters. The molecule has 0 aliphatic heterocycles. The first-order valence-corrected chi connectivity index (χ1v) is 14.2. The van der Waals surface area contributed by atoms with E-state index in [1.165, 1.54) is 11.8 Å². The Hall–Kier alpha value is -3.27. The van der Waals surface area contributed by atoms with Crippen LogP contribution in [-0.2, 0) is 19.2 Å². The molecule has 0 heterocycles. The lowest BCUT2D eigenvalue weighted by molar-refractivity contribution is -0.142. The minimum atomic E-state index is -1.25. The molecule has 0 aromatic carbocycles. The fourth-order valence-electron chi connectivity index (χ4n) is 3.48. The summed E-state index contributed by atoms with van der Waals surface area (Å²) in [5.41, 5.74) is 27.2. The van der Waals surface area contributed by atoms with Crippen molar-refractivity contribution in [1.82, 2.24) is 16.0 Å². The second-order valence-corrected chi connectivity index (χ2v) is 10.4. The van der Waals surface area contributed by atoms with E-state index < -0.39 is 47.9 Å². The normalized spacial score (nSPS) is 13.9. The maximum Gasteiger partial charge on any atom is 0.326 e. The third kappa shape index (κ3) is 17.0. The van der Waals surface area contributed by atoms with Crippen molar-refractivity contribution in [3.63, 3.8) is 0 Å². The van der Waals surface area contributed by atoms with Gasteiger partial charge in [0.1, 0.15) is 18.1 Å². The van der Waals surface area contributed by atoms with Crippen molar-refractivity contribution in [3.05, 3.63) is 0 Å². The molecule has 0 aromatic heterocycles. The van der Waals surface area contributed by atoms with Gasteiger partial charge in [-0.3, -0.25) is 24.4 Å². The number of guanidine groups is 2. The maximum atomic E-state index is 13.2. The number of aliphatic imine (C=N–C) groups is 2. The lowest BCUT2D eigenvalue weighted by atomic mass is 10.0. The van der Waals surface area contributed by atoms with Crippen molar-refractivity contribution < 1.29 is 24.3 Å². The van der Waals surface area contributed by atoms with Crippen molar-refractivity contribution in [2.45, 2.75) is 76.5 Å². The molecule has 0 fully saturated rings. The molecule has 3 amide bonds. The van der Waals surface area contributed by atoms with Crippen LogP contribution < -0.4 is 44.6 Å². The first kappa shape index (κ1) is 35.7. The third-order valence-corrected chi connectivity index (χ3v) is 6.09. The Morgan fingerprint density at radius 1 is 0.769 bits per heavy atom. The number of carbonyl (C=O) groups is 4. The SMILES string of the molecule is CSCCC(NC(=O)C(N)CC(C)C)C(=O)NC(CCCN=C(N)N)C(=O)NC(CCCN=C(N)N)C(=O)O. The van der Waals surface area contributed by atoms with E-state index in [4.69, 9.17) is 28.7 Å². The molecule has 15 nitrogen and oxygen atoms in total. The first-order valence-electron chi connectivity index (χ1n) is 12.8. The topological polar surface area (TPSA) is 279 Å². The summed E-state index contributed by atoms with van der Waals surface area (Å²) in [5, 5.41) is 17.4. The van der Waals surface area contributed by atoms with Crippen molar-refractivity contribution in [2.24, 2.45) is 44.6 Å². The van der Waals surface area contributed by atoms with Crippen LogP contribution in [0.25, 0.3) is 0 Å². The predicted molar refractivity (Wildman–Crippen MR) is 154 cm³/mol. The molecular weight excluding hydrogens is 528 g/mol. The quantitative estimate of drug-likeness (QED) is 0.0425. The van der Waals surface area contributed by atoms with E-state index in [9.17, 15) is 24.3 Å². The van der Waals surface area contributed by atoms with Crippen LogP contribution in [0.2, 0.25) is 0 Å². The molecular formula is C23H46N10O5S. The van der Waals surface area contributed by atoms with Crippen LogP contribution in [0.3, 0.4) is 0 Å². The molecule has 0 rings (SSSR count). The number of thioether (sulfide) groups is 1. The molecule has 39 heavy (non-hydrogen) atoms. The summed E-state index contributed by atoms with van der Waals surface area (Å²) in [4.78, 5) is 58.3. The van der Waals surface area contributed by atoms with E-state index in [1.807, 2.05) is 20.1 Å². The number of hydrogen-bond acceptors (Lipinski definition) is 8. The highest BCUT2D eigenvalue weighted by Gasteiger charge is 2.30. The fourth-order valence-corrected chi connectivity index (χ4v) is 3.95. The highest BCUT2D eigenvalue weighted by Crippen LogP contribution is 2.08. The Morgan fingerprint density at radius 2 is 1.21 bits per heavy atom. The van der Waals surface area contributed by atoms with Crippen molar-refractivity contribution in [1.29, 1.82) is 0 Å². The summed E-state index contributed by atoms with van der Waals surface area (Å²) < 4.78 is 0. The number of rotatable bonds is 20. The van der Waals surface area contributed by atoms with Gasteiger partial charge in [-0.1, -0.05) is 13.8 Å². The lowest BCUT2D eigenvalue weighted by Crippen LogP contribution is -2.57. The number of nitrogens with one attached hydrogen (secondary N) is 3. The van der Waals surface area contributed by atoms with E-state index in [2.05, 4.69) is 25.9 Å². The molecule has 0 aliphatic rings. The number of aliphatic carboxylic acids is 1. The monoisotopic (exact) mass is 574 g/mol. The average molecular weight is 575 g/mol. The molecule has 0 aliphatic carbocycles. The second-order valence-electron chi connectivity index (χ2n) is 9.44. The molecule has 0 saturated carbocycles. The van der Waals surface area contributed by atoms with Crippen LogP contribution in [0.5, 0.6) is 0 Å². The number of hydrogen-bond donors (Lipinski definition) is 9. The molecule has 0 aromatic rings. The number of carboxylic acids is 1. The van der Waals surface area contributed by atoms with Crippen LogP contribution in [0.15, 0.2) is 9.98 Å². The van der Waals surface area contributed by atoms with Crippen molar-refractivity contribution in [2.75, 3.05) is 25.1 Å². The summed E-state index contributed by atoms with van der Waals surface area (Å²) in [6.07, 6.45) is 3.41. The first-order chi connectivity index (χ1) is 18.3. The van der Waals surface area contributed by atoms with E-state index >= 15 is 0 Å². The Morgan fingerprint density at radius 3 is 1.64 bits per heavy atom. The molecule has 0 radical (unpaired) electrons. The zero-order chi connectivity index (χ0) is 30.0. The maximum absolute atomic E-state index is 13.2. The molecule has 0 spiro atoms.